The average molecular weight is 315 g/mol. The number of carbonyl (C=O) groups excluding carboxylic acids is 1. The predicted molar refractivity (Wildman–Crippen MR) is 84.5 cm³/mol. The Morgan fingerprint density at radius 1 is 1.29 bits per heavy atom. The molecular formula is C15H23ClN2O3. The lowest BCUT2D eigenvalue weighted by Crippen LogP contribution is -2.42. The molecule has 1 amide bonds. The molecule has 1 atom stereocenters. The van der Waals surface area contributed by atoms with Gasteiger partial charge in [-0.15, -0.1) is 12.4 Å². The van der Waals surface area contributed by atoms with Gasteiger partial charge in [-0.1, -0.05) is 37.3 Å². The molecule has 0 radical (unpaired) electrons. The number of nitrogens with zero attached hydrogens (tertiary/aromatic N) is 1. The van der Waals surface area contributed by atoms with E-state index in [0.717, 1.165) is 12.0 Å². The molecule has 0 aliphatic rings. The summed E-state index contributed by atoms with van der Waals surface area (Å²) >= 11 is 0. The standard InChI is InChI=1S/C15H22N2O3.ClH/c1-3-12(2)17(10-13-7-5-4-6-8-13)11-14(18)16-9-15(19)20;/h4-8,12H,3,9-11H2,1-2H3,(H,16,18)(H,19,20);1H. The largest absolute Gasteiger partial charge is 0.480 e. The van der Waals surface area contributed by atoms with E-state index >= 15 is 0 Å². The van der Waals surface area contributed by atoms with Crippen molar-refractivity contribution in [2.24, 2.45) is 0 Å². The van der Waals surface area contributed by atoms with Crippen molar-refractivity contribution in [3.8, 4) is 0 Å². The fourth-order valence-electron chi connectivity index (χ4n) is 1.86. The second-order valence-electron chi connectivity index (χ2n) is 4.82. The number of amides is 1. The van der Waals surface area contributed by atoms with Crippen LogP contribution in [0.15, 0.2) is 30.3 Å². The number of rotatable bonds is 8. The van der Waals surface area contributed by atoms with Crippen LogP contribution in [0.5, 0.6) is 0 Å². The van der Waals surface area contributed by atoms with Gasteiger partial charge in [-0.05, 0) is 18.9 Å². The zero-order valence-electron chi connectivity index (χ0n) is 12.4. The number of carboxylic acid groups (broad SMARTS) is 1. The van der Waals surface area contributed by atoms with Crippen LogP contribution in [0.3, 0.4) is 0 Å². The van der Waals surface area contributed by atoms with Gasteiger partial charge in [0, 0.05) is 12.6 Å². The Morgan fingerprint density at radius 2 is 1.90 bits per heavy atom. The van der Waals surface area contributed by atoms with E-state index < -0.39 is 5.97 Å². The fourth-order valence-corrected chi connectivity index (χ4v) is 1.86. The average Bonchev–Trinajstić information content (AvgIpc) is 2.44. The van der Waals surface area contributed by atoms with E-state index in [1.54, 1.807) is 0 Å². The highest BCUT2D eigenvalue weighted by Gasteiger charge is 2.16. The normalized spacial score (nSPS) is 11.6. The summed E-state index contributed by atoms with van der Waals surface area (Å²) in [7, 11) is 0. The molecule has 6 heteroatoms. The van der Waals surface area contributed by atoms with Crippen LogP contribution in [0.2, 0.25) is 0 Å². The lowest BCUT2D eigenvalue weighted by molar-refractivity contribution is -0.138. The first-order valence-corrected chi connectivity index (χ1v) is 6.79. The molecule has 1 unspecified atom stereocenters. The zero-order chi connectivity index (χ0) is 15.0. The van der Waals surface area contributed by atoms with Gasteiger partial charge in [0.1, 0.15) is 6.54 Å². The minimum Gasteiger partial charge on any atom is -0.480 e. The van der Waals surface area contributed by atoms with Gasteiger partial charge in [0.2, 0.25) is 5.91 Å². The molecule has 1 aromatic rings. The van der Waals surface area contributed by atoms with Gasteiger partial charge >= 0.3 is 5.97 Å². The maximum atomic E-state index is 11.8. The minimum absolute atomic E-state index is 0. The molecule has 118 valence electrons. The maximum Gasteiger partial charge on any atom is 0.322 e. The van der Waals surface area contributed by atoms with Crippen molar-refractivity contribution in [2.45, 2.75) is 32.9 Å². The number of carbonyl (C=O) groups is 2. The Hall–Kier alpha value is -1.59. The fraction of sp³-hybridized carbons (Fsp3) is 0.467. The molecule has 0 bridgehead atoms. The van der Waals surface area contributed by atoms with Crippen molar-refractivity contribution in [2.75, 3.05) is 13.1 Å². The predicted octanol–water partition coefficient (Wildman–Crippen LogP) is 1.91. The first-order valence-electron chi connectivity index (χ1n) is 6.79. The number of hydrogen-bond donors (Lipinski definition) is 2. The molecule has 2 N–H and O–H groups in total. The van der Waals surface area contributed by atoms with E-state index in [2.05, 4.69) is 19.2 Å². The van der Waals surface area contributed by atoms with Crippen molar-refractivity contribution >= 4 is 24.3 Å². The first kappa shape index (κ1) is 19.4. The monoisotopic (exact) mass is 314 g/mol. The molecule has 5 nitrogen and oxygen atoms in total. The van der Waals surface area contributed by atoms with Crippen LogP contribution in [-0.2, 0) is 16.1 Å². The molecule has 1 aromatic carbocycles. The second kappa shape index (κ2) is 10.2. The summed E-state index contributed by atoms with van der Waals surface area (Å²) in [4.78, 5) is 24.2. The summed E-state index contributed by atoms with van der Waals surface area (Å²) in [6.07, 6.45) is 0.930. The molecule has 0 aliphatic carbocycles. The van der Waals surface area contributed by atoms with Crippen LogP contribution in [0.4, 0.5) is 0 Å². The van der Waals surface area contributed by atoms with E-state index in [0.29, 0.717) is 6.54 Å². The SMILES string of the molecule is CCC(C)N(CC(=O)NCC(=O)O)Cc1ccccc1.Cl. The van der Waals surface area contributed by atoms with Gasteiger partial charge in [-0.3, -0.25) is 14.5 Å². The van der Waals surface area contributed by atoms with Gasteiger partial charge in [0.05, 0.1) is 6.54 Å². The molecule has 0 spiro atoms. The Bertz CT molecular complexity index is 440. The molecule has 0 fully saturated rings. The number of benzene rings is 1. The van der Waals surface area contributed by atoms with E-state index in [9.17, 15) is 9.59 Å². The van der Waals surface area contributed by atoms with Crippen molar-refractivity contribution in [3.05, 3.63) is 35.9 Å². The zero-order valence-corrected chi connectivity index (χ0v) is 13.2. The van der Waals surface area contributed by atoms with Crippen LogP contribution >= 0.6 is 12.4 Å². The Morgan fingerprint density at radius 3 is 2.43 bits per heavy atom. The molecule has 0 heterocycles. The lowest BCUT2D eigenvalue weighted by Gasteiger charge is -2.27. The lowest BCUT2D eigenvalue weighted by atomic mass is 10.1. The first-order chi connectivity index (χ1) is 9.52. The third kappa shape index (κ3) is 7.68. The van der Waals surface area contributed by atoms with Crippen molar-refractivity contribution in [1.82, 2.24) is 10.2 Å². The van der Waals surface area contributed by atoms with E-state index in [-0.39, 0.29) is 37.4 Å². The molecular weight excluding hydrogens is 292 g/mol. The highest BCUT2D eigenvalue weighted by molar-refractivity contribution is 5.85. The number of hydrogen-bond acceptors (Lipinski definition) is 3. The summed E-state index contributed by atoms with van der Waals surface area (Å²) in [6, 6.07) is 10.2. The minimum atomic E-state index is -1.03. The van der Waals surface area contributed by atoms with Gasteiger partial charge in [-0.25, -0.2) is 0 Å². The smallest absolute Gasteiger partial charge is 0.322 e. The van der Waals surface area contributed by atoms with Crippen LogP contribution in [0.1, 0.15) is 25.8 Å². The third-order valence-corrected chi connectivity index (χ3v) is 3.23. The van der Waals surface area contributed by atoms with E-state index in [1.807, 2.05) is 35.2 Å². The maximum absolute atomic E-state index is 11.8. The van der Waals surface area contributed by atoms with Gasteiger partial charge in [-0.2, -0.15) is 0 Å². The summed E-state index contributed by atoms with van der Waals surface area (Å²) in [6.45, 7) is 4.68. The van der Waals surface area contributed by atoms with Gasteiger partial charge in [0.25, 0.3) is 0 Å². The van der Waals surface area contributed by atoms with Crippen LogP contribution < -0.4 is 5.32 Å². The number of halogens is 1. The van der Waals surface area contributed by atoms with Crippen molar-refractivity contribution in [3.63, 3.8) is 0 Å². The summed E-state index contributed by atoms with van der Waals surface area (Å²) in [5.74, 6) is -1.29. The summed E-state index contributed by atoms with van der Waals surface area (Å²) in [5, 5.41) is 11.0. The highest BCUT2D eigenvalue weighted by Crippen LogP contribution is 2.10. The summed E-state index contributed by atoms with van der Waals surface area (Å²) in [5.41, 5.74) is 1.14. The second-order valence-corrected chi connectivity index (χ2v) is 4.82. The third-order valence-electron chi connectivity index (χ3n) is 3.23. The Balaban J connectivity index is 0.00000400. The number of nitrogens with one attached hydrogen (secondary N) is 1. The quantitative estimate of drug-likeness (QED) is 0.769. The Kier molecular flexibility index (Phi) is 9.41. The van der Waals surface area contributed by atoms with Crippen LogP contribution in [-0.4, -0.2) is 41.0 Å². The molecule has 21 heavy (non-hydrogen) atoms. The molecule has 0 aliphatic heterocycles. The van der Waals surface area contributed by atoms with Gasteiger partial charge in [0.15, 0.2) is 0 Å². The summed E-state index contributed by atoms with van der Waals surface area (Å²) < 4.78 is 0. The molecule has 0 aromatic heterocycles. The van der Waals surface area contributed by atoms with Crippen LogP contribution in [0, 0.1) is 0 Å². The van der Waals surface area contributed by atoms with Crippen molar-refractivity contribution in [1.29, 1.82) is 0 Å². The molecule has 0 saturated carbocycles. The topological polar surface area (TPSA) is 69.6 Å². The van der Waals surface area contributed by atoms with Crippen molar-refractivity contribution < 1.29 is 14.7 Å². The van der Waals surface area contributed by atoms with E-state index in [4.69, 9.17) is 5.11 Å². The van der Waals surface area contributed by atoms with Gasteiger partial charge < -0.3 is 10.4 Å². The highest BCUT2D eigenvalue weighted by atomic mass is 35.5. The van der Waals surface area contributed by atoms with E-state index in [1.165, 1.54) is 0 Å². The van der Waals surface area contributed by atoms with Crippen LogP contribution in [0.25, 0.3) is 0 Å². The molecule has 0 saturated heterocycles. The Labute approximate surface area is 131 Å². The number of aliphatic carboxylic acids is 1. The molecule has 1 rings (SSSR count). The number of carboxylic acids is 1.